The third-order valence-corrected chi connectivity index (χ3v) is 4.88. The number of rotatable bonds is 3. The summed E-state index contributed by atoms with van der Waals surface area (Å²) < 4.78 is 0. The molecule has 2 aliphatic rings. The Hall–Kier alpha value is -3.33. The fourth-order valence-corrected chi connectivity index (χ4v) is 3.49. The molecule has 4 rings (SSSR count). The topological polar surface area (TPSA) is 85.2 Å². The summed E-state index contributed by atoms with van der Waals surface area (Å²) >= 11 is 0. The van der Waals surface area contributed by atoms with E-state index in [0.29, 0.717) is 24.2 Å². The zero-order chi connectivity index (χ0) is 18.1. The van der Waals surface area contributed by atoms with Crippen molar-refractivity contribution in [2.45, 2.75) is 25.4 Å². The summed E-state index contributed by atoms with van der Waals surface area (Å²) in [6.07, 6.45) is 1.63. The van der Waals surface area contributed by atoms with Crippen molar-refractivity contribution in [3.63, 3.8) is 0 Å². The maximum absolute atomic E-state index is 12.9. The van der Waals surface area contributed by atoms with Crippen LogP contribution >= 0.6 is 0 Å². The summed E-state index contributed by atoms with van der Waals surface area (Å²) in [5, 5.41) is 15.0. The third-order valence-electron chi connectivity index (χ3n) is 4.88. The molecule has 0 aliphatic carbocycles. The second kappa shape index (κ2) is 6.52. The zero-order valence-corrected chi connectivity index (χ0v) is 14.2. The first-order chi connectivity index (χ1) is 12.7. The minimum atomic E-state index is -0.332. The number of anilines is 2. The van der Waals surface area contributed by atoms with Crippen LogP contribution in [0.3, 0.4) is 0 Å². The molecule has 2 amide bonds. The molecule has 0 aromatic heterocycles. The summed E-state index contributed by atoms with van der Waals surface area (Å²) in [5.41, 5.74) is 3.80. The lowest BCUT2D eigenvalue weighted by molar-refractivity contribution is -0.120. The fourth-order valence-electron chi connectivity index (χ4n) is 3.49. The van der Waals surface area contributed by atoms with E-state index in [2.05, 4.69) is 16.7 Å². The van der Waals surface area contributed by atoms with Gasteiger partial charge in [-0.05, 0) is 54.8 Å². The van der Waals surface area contributed by atoms with Gasteiger partial charge in [0.15, 0.2) is 0 Å². The van der Waals surface area contributed by atoms with Gasteiger partial charge in [0.2, 0.25) is 5.91 Å². The van der Waals surface area contributed by atoms with E-state index in [9.17, 15) is 9.59 Å². The van der Waals surface area contributed by atoms with Crippen LogP contribution < -0.4 is 15.5 Å². The van der Waals surface area contributed by atoms with E-state index in [4.69, 9.17) is 5.26 Å². The van der Waals surface area contributed by atoms with E-state index in [1.54, 1.807) is 29.2 Å². The number of carbonyl (C=O) groups is 2. The molecule has 1 fully saturated rings. The van der Waals surface area contributed by atoms with Crippen molar-refractivity contribution in [3.8, 4) is 6.07 Å². The summed E-state index contributed by atoms with van der Waals surface area (Å²) in [5.74, 6) is -0.0660. The minimum absolute atomic E-state index is 0.00547. The van der Waals surface area contributed by atoms with E-state index in [1.807, 2.05) is 18.2 Å². The van der Waals surface area contributed by atoms with E-state index in [0.717, 1.165) is 29.8 Å². The van der Waals surface area contributed by atoms with Crippen molar-refractivity contribution in [2.24, 2.45) is 0 Å². The molecule has 26 heavy (non-hydrogen) atoms. The Morgan fingerprint density at radius 1 is 1.15 bits per heavy atom. The number of benzene rings is 2. The average Bonchev–Trinajstić information content (AvgIpc) is 3.04. The van der Waals surface area contributed by atoms with Crippen LogP contribution in [0, 0.1) is 11.3 Å². The van der Waals surface area contributed by atoms with Crippen LogP contribution in [0.5, 0.6) is 0 Å². The highest BCUT2D eigenvalue weighted by Gasteiger charge is 2.30. The molecule has 0 radical (unpaired) electrons. The molecule has 2 aliphatic heterocycles. The smallest absolute Gasteiger partial charge is 0.251 e. The Kier molecular flexibility index (Phi) is 4.05. The quantitative estimate of drug-likeness (QED) is 0.894. The number of nitrogens with one attached hydrogen (secondary N) is 2. The highest BCUT2D eigenvalue weighted by Crippen LogP contribution is 2.25. The van der Waals surface area contributed by atoms with Crippen LogP contribution in [0.4, 0.5) is 11.4 Å². The third kappa shape index (κ3) is 2.88. The molecule has 0 spiro atoms. The first kappa shape index (κ1) is 16.2. The van der Waals surface area contributed by atoms with E-state index in [-0.39, 0.29) is 17.9 Å². The number of fused-ring (bicyclic) bond motifs is 1. The van der Waals surface area contributed by atoms with Gasteiger partial charge in [-0.25, -0.2) is 0 Å². The molecule has 2 aromatic rings. The van der Waals surface area contributed by atoms with Crippen molar-refractivity contribution in [1.29, 1.82) is 5.26 Å². The summed E-state index contributed by atoms with van der Waals surface area (Å²) in [7, 11) is 0. The van der Waals surface area contributed by atoms with Crippen LogP contribution in [-0.4, -0.2) is 24.4 Å². The molecular formula is C20H18N4O2. The molecule has 0 saturated carbocycles. The number of carbonyl (C=O) groups excluding carboxylic acids is 2. The number of nitrogens with zero attached hydrogens (tertiary/aromatic N) is 2. The number of hydrogen-bond donors (Lipinski definition) is 2. The van der Waals surface area contributed by atoms with E-state index < -0.39 is 0 Å². The number of nitriles is 1. The minimum Gasteiger partial charge on any atom is -0.374 e. The lowest BCUT2D eigenvalue weighted by atomic mass is 10.0. The van der Waals surface area contributed by atoms with Crippen LogP contribution in [0.2, 0.25) is 0 Å². The van der Waals surface area contributed by atoms with E-state index >= 15 is 0 Å². The number of piperidine rings is 1. The van der Waals surface area contributed by atoms with E-state index in [1.165, 1.54) is 0 Å². The average molecular weight is 346 g/mol. The van der Waals surface area contributed by atoms with Gasteiger partial charge in [0.25, 0.3) is 5.91 Å². The van der Waals surface area contributed by atoms with Gasteiger partial charge in [0.1, 0.15) is 6.04 Å². The lowest BCUT2D eigenvalue weighted by Gasteiger charge is -2.33. The largest absolute Gasteiger partial charge is 0.374 e. The Labute approximate surface area is 151 Å². The molecule has 0 bridgehead atoms. The predicted molar refractivity (Wildman–Crippen MR) is 97.8 cm³/mol. The van der Waals surface area contributed by atoms with Crippen molar-refractivity contribution in [3.05, 3.63) is 59.2 Å². The molecule has 6 nitrogen and oxygen atoms in total. The molecule has 6 heteroatoms. The first-order valence-electron chi connectivity index (χ1n) is 8.65. The maximum Gasteiger partial charge on any atom is 0.251 e. The predicted octanol–water partition coefficient (Wildman–Crippen LogP) is 2.41. The second-order valence-electron chi connectivity index (χ2n) is 6.54. The molecule has 1 unspecified atom stereocenters. The molecule has 130 valence electrons. The van der Waals surface area contributed by atoms with Crippen molar-refractivity contribution < 1.29 is 9.59 Å². The molecule has 1 atom stereocenters. The molecule has 2 N–H and O–H groups in total. The standard InChI is InChI=1S/C20H18N4O2/c21-11-13-3-7-16(8-4-13)24-9-1-2-18(20(24)26)23-15-6-5-14-12-22-19(25)17(14)10-15/h3-8,10,18,23H,1-2,9,12H2,(H,22,25). The van der Waals surface area contributed by atoms with Crippen molar-refractivity contribution >= 4 is 23.2 Å². The van der Waals surface area contributed by atoms with Gasteiger partial charge in [0.05, 0.1) is 11.6 Å². The van der Waals surface area contributed by atoms with Gasteiger partial charge in [0, 0.05) is 30.0 Å². The highest BCUT2D eigenvalue weighted by atomic mass is 16.2. The lowest BCUT2D eigenvalue weighted by Crippen LogP contribution is -2.47. The number of amides is 2. The summed E-state index contributed by atoms with van der Waals surface area (Å²) in [6, 6.07) is 14.4. The normalized spacial score (nSPS) is 18.9. The molecule has 1 saturated heterocycles. The van der Waals surface area contributed by atoms with Gasteiger partial charge >= 0.3 is 0 Å². The Balaban J connectivity index is 1.52. The Bertz CT molecular complexity index is 914. The Morgan fingerprint density at radius 2 is 1.96 bits per heavy atom. The SMILES string of the molecule is N#Cc1ccc(N2CCCC(Nc3ccc4c(c3)C(=O)NC4)C2=O)cc1. The van der Waals surface area contributed by atoms with Crippen LogP contribution in [0.15, 0.2) is 42.5 Å². The van der Waals surface area contributed by atoms with Crippen LogP contribution in [0.25, 0.3) is 0 Å². The van der Waals surface area contributed by atoms with Gasteiger partial charge < -0.3 is 15.5 Å². The first-order valence-corrected chi connectivity index (χ1v) is 8.65. The van der Waals surface area contributed by atoms with Gasteiger partial charge in [-0.15, -0.1) is 0 Å². The van der Waals surface area contributed by atoms with Crippen LogP contribution in [-0.2, 0) is 11.3 Å². The fraction of sp³-hybridized carbons (Fsp3) is 0.250. The van der Waals surface area contributed by atoms with Crippen molar-refractivity contribution in [1.82, 2.24) is 5.32 Å². The monoisotopic (exact) mass is 346 g/mol. The van der Waals surface area contributed by atoms with Gasteiger partial charge in [-0.1, -0.05) is 6.07 Å². The molecular weight excluding hydrogens is 328 g/mol. The summed E-state index contributed by atoms with van der Waals surface area (Å²) in [6.45, 7) is 1.22. The maximum atomic E-state index is 12.9. The Morgan fingerprint density at radius 3 is 2.73 bits per heavy atom. The zero-order valence-electron chi connectivity index (χ0n) is 14.2. The molecule has 2 aromatic carbocycles. The van der Waals surface area contributed by atoms with Crippen LogP contribution in [0.1, 0.15) is 34.3 Å². The number of hydrogen-bond acceptors (Lipinski definition) is 4. The highest BCUT2D eigenvalue weighted by molar-refractivity contribution is 6.01. The second-order valence-corrected chi connectivity index (χ2v) is 6.54. The van der Waals surface area contributed by atoms with Crippen molar-refractivity contribution in [2.75, 3.05) is 16.8 Å². The van der Waals surface area contributed by atoms with Gasteiger partial charge in [-0.2, -0.15) is 5.26 Å². The van der Waals surface area contributed by atoms with Gasteiger partial charge in [-0.3, -0.25) is 9.59 Å². The summed E-state index contributed by atoms with van der Waals surface area (Å²) in [4.78, 5) is 26.5. The molecule has 2 heterocycles.